The summed E-state index contributed by atoms with van der Waals surface area (Å²) in [5, 5.41) is 0. The topological polar surface area (TPSA) is 85.4 Å². The van der Waals surface area contributed by atoms with Gasteiger partial charge in [0.05, 0.1) is 37.4 Å². The quantitative estimate of drug-likeness (QED) is 0.533. The molecule has 0 atom stereocenters. The average molecular weight is 463 g/mol. The maximum Gasteiger partial charge on any atom is 0.257 e. The average Bonchev–Trinajstić information content (AvgIpc) is 2.82. The molecule has 0 spiro atoms. The molecular weight excluding hydrogens is 432 g/mol. The second-order valence-electron chi connectivity index (χ2n) is 7.57. The van der Waals surface area contributed by atoms with E-state index in [4.69, 9.17) is 14.2 Å². The van der Waals surface area contributed by atoms with Crippen LogP contribution in [0.5, 0.6) is 11.5 Å². The minimum atomic E-state index is -3.72. The Labute approximate surface area is 189 Å². The molecule has 9 heteroatoms. The van der Waals surface area contributed by atoms with Crippen LogP contribution in [0.1, 0.15) is 22.3 Å². The number of rotatable bonds is 9. The molecule has 0 unspecified atom stereocenters. The molecule has 1 heterocycles. The molecule has 1 aliphatic heterocycles. The van der Waals surface area contributed by atoms with Crippen LogP contribution < -0.4 is 9.47 Å². The summed E-state index contributed by atoms with van der Waals surface area (Å²) < 4.78 is 43.7. The van der Waals surface area contributed by atoms with Gasteiger partial charge in [-0.05, 0) is 43.2 Å². The molecule has 8 nitrogen and oxygen atoms in total. The molecule has 0 aromatic heterocycles. The molecular formula is C23H30N2O6S. The lowest BCUT2D eigenvalue weighted by molar-refractivity contribution is 0.0730. The number of nitrogens with zero attached hydrogens (tertiary/aromatic N) is 2. The van der Waals surface area contributed by atoms with E-state index < -0.39 is 10.0 Å². The Morgan fingerprint density at radius 2 is 1.84 bits per heavy atom. The molecule has 3 rings (SSSR count). The first kappa shape index (κ1) is 24.0. The zero-order chi connectivity index (χ0) is 23.1. The molecule has 0 saturated carbocycles. The van der Waals surface area contributed by atoms with Crippen molar-refractivity contribution in [3.63, 3.8) is 0 Å². The molecule has 1 saturated heterocycles. The largest absolute Gasteiger partial charge is 0.496 e. The Hall–Kier alpha value is -2.62. The monoisotopic (exact) mass is 462 g/mol. The van der Waals surface area contributed by atoms with Gasteiger partial charge in [-0.3, -0.25) is 4.79 Å². The van der Waals surface area contributed by atoms with E-state index in [1.807, 2.05) is 31.2 Å². The van der Waals surface area contributed by atoms with Crippen LogP contribution >= 0.6 is 0 Å². The lowest BCUT2D eigenvalue weighted by Gasteiger charge is -2.26. The van der Waals surface area contributed by atoms with Gasteiger partial charge in [-0.1, -0.05) is 18.2 Å². The van der Waals surface area contributed by atoms with Crippen LogP contribution in [0.15, 0.2) is 47.4 Å². The van der Waals surface area contributed by atoms with E-state index in [-0.39, 0.29) is 16.4 Å². The molecule has 1 amide bonds. The summed E-state index contributed by atoms with van der Waals surface area (Å²) in [5.41, 5.74) is 1.27. The first-order valence-corrected chi connectivity index (χ1v) is 12.0. The van der Waals surface area contributed by atoms with Crippen molar-refractivity contribution in [3.8, 4) is 11.5 Å². The minimum Gasteiger partial charge on any atom is -0.496 e. The van der Waals surface area contributed by atoms with Gasteiger partial charge < -0.3 is 19.1 Å². The van der Waals surface area contributed by atoms with Crippen molar-refractivity contribution in [1.29, 1.82) is 0 Å². The SMILES string of the molecule is COc1ccc(S(=O)(=O)N2CCOCC2)cc1C(=O)N(C)CCCOc1ccccc1C. The van der Waals surface area contributed by atoms with Crippen molar-refractivity contribution in [1.82, 2.24) is 9.21 Å². The van der Waals surface area contributed by atoms with Gasteiger partial charge in [-0.25, -0.2) is 8.42 Å². The number of benzene rings is 2. The summed E-state index contributed by atoms with van der Waals surface area (Å²) in [6, 6.07) is 12.2. The molecule has 0 radical (unpaired) electrons. The highest BCUT2D eigenvalue weighted by Crippen LogP contribution is 2.26. The first-order chi connectivity index (χ1) is 15.3. The van der Waals surface area contributed by atoms with Crippen LogP contribution in [0.2, 0.25) is 0 Å². The molecule has 2 aromatic carbocycles. The fraction of sp³-hybridized carbons (Fsp3) is 0.435. The van der Waals surface area contributed by atoms with Gasteiger partial charge in [0.15, 0.2) is 0 Å². The van der Waals surface area contributed by atoms with E-state index in [9.17, 15) is 13.2 Å². The van der Waals surface area contributed by atoms with E-state index in [1.54, 1.807) is 11.9 Å². The second-order valence-corrected chi connectivity index (χ2v) is 9.51. The van der Waals surface area contributed by atoms with E-state index in [0.29, 0.717) is 51.6 Å². The smallest absolute Gasteiger partial charge is 0.257 e. The number of carbonyl (C=O) groups is 1. The van der Waals surface area contributed by atoms with Crippen LogP contribution in [-0.4, -0.2) is 77.1 Å². The predicted molar refractivity (Wildman–Crippen MR) is 121 cm³/mol. The molecule has 0 N–H and O–H groups in total. The van der Waals surface area contributed by atoms with Crippen molar-refractivity contribution in [3.05, 3.63) is 53.6 Å². The number of hydrogen-bond donors (Lipinski definition) is 0. The van der Waals surface area contributed by atoms with Gasteiger partial charge in [-0.2, -0.15) is 4.31 Å². The summed E-state index contributed by atoms with van der Waals surface area (Å²) >= 11 is 0. The number of carbonyl (C=O) groups excluding carboxylic acids is 1. The Balaban J connectivity index is 1.67. The summed E-state index contributed by atoms with van der Waals surface area (Å²) in [5.74, 6) is 0.847. The molecule has 1 aliphatic rings. The van der Waals surface area contributed by atoms with Gasteiger partial charge >= 0.3 is 0 Å². The van der Waals surface area contributed by atoms with Gasteiger partial charge in [0.2, 0.25) is 10.0 Å². The lowest BCUT2D eigenvalue weighted by Crippen LogP contribution is -2.40. The van der Waals surface area contributed by atoms with Gasteiger partial charge in [0, 0.05) is 26.7 Å². The third-order valence-corrected chi connectivity index (χ3v) is 7.24. The zero-order valence-corrected chi connectivity index (χ0v) is 19.6. The third-order valence-electron chi connectivity index (χ3n) is 5.34. The van der Waals surface area contributed by atoms with Crippen LogP contribution in [0, 0.1) is 6.92 Å². The minimum absolute atomic E-state index is 0.0693. The van der Waals surface area contributed by atoms with E-state index in [2.05, 4.69) is 0 Å². The van der Waals surface area contributed by atoms with Crippen LogP contribution in [-0.2, 0) is 14.8 Å². The predicted octanol–water partition coefficient (Wildman–Crippen LogP) is 2.57. The van der Waals surface area contributed by atoms with Crippen molar-refractivity contribution in [2.45, 2.75) is 18.2 Å². The molecule has 174 valence electrons. The molecule has 1 fully saturated rings. The van der Waals surface area contributed by atoms with Crippen LogP contribution in [0.4, 0.5) is 0 Å². The fourth-order valence-corrected chi connectivity index (χ4v) is 4.89. The molecule has 32 heavy (non-hydrogen) atoms. The van der Waals surface area contributed by atoms with Crippen molar-refractivity contribution in [2.24, 2.45) is 0 Å². The number of morpholine rings is 1. The number of sulfonamides is 1. The fourth-order valence-electron chi connectivity index (χ4n) is 3.46. The summed E-state index contributed by atoms with van der Waals surface area (Å²) in [4.78, 5) is 14.7. The van der Waals surface area contributed by atoms with Crippen molar-refractivity contribution in [2.75, 3.05) is 53.6 Å². The maximum atomic E-state index is 13.1. The second kappa shape index (κ2) is 10.8. The standard InChI is InChI=1S/C23H30N2O6S/c1-18-7-4-5-8-21(18)31-14-6-11-24(2)23(26)20-17-19(9-10-22(20)29-3)32(27,28)25-12-15-30-16-13-25/h4-5,7-10,17H,6,11-16H2,1-3H3. The van der Waals surface area contributed by atoms with E-state index >= 15 is 0 Å². The Morgan fingerprint density at radius 3 is 2.53 bits per heavy atom. The number of hydrogen-bond acceptors (Lipinski definition) is 6. The van der Waals surface area contributed by atoms with Crippen molar-refractivity contribution < 1.29 is 27.4 Å². The van der Waals surface area contributed by atoms with Crippen molar-refractivity contribution >= 4 is 15.9 Å². The van der Waals surface area contributed by atoms with Crippen LogP contribution in [0.3, 0.4) is 0 Å². The van der Waals surface area contributed by atoms with Gasteiger partial charge in [0.25, 0.3) is 5.91 Å². The molecule has 0 aliphatic carbocycles. The highest BCUT2D eigenvalue weighted by atomic mass is 32.2. The Kier molecular flexibility index (Phi) is 8.11. The van der Waals surface area contributed by atoms with Gasteiger partial charge in [-0.15, -0.1) is 0 Å². The lowest BCUT2D eigenvalue weighted by atomic mass is 10.1. The Bertz CT molecular complexity index is 1030. The molecule has 0 bridgehead atoms. The Morgan fingerprint density at radius 1 is 1.12 bits per heavy atom. The van der Waals surface area contributed by atoms with Gasteiger partial charge in [0.1, 0.15) is 11.5 Å². The van der Waals surface area contributed by atoms with E-state index in [1.165, 1.54) is 29.6 Å². The first-order valence-electron chi connectivity index (χ1n) is 10.5. The maximum absolute atomic E-state index is 13.1. The number of aryl methyl sites for hydroxylation is 1. The van der Waals surface area contributed by atoms with E-state index in [0.717, 1.165) is 11.3 Å². The van der Waals surface area contributed by atoms with Crippen LogP contribution in [0.25, 0.3) is 0 Å². The summed E-state index contributed by atoms with van der Waals surface area (Å²) in [7, 11) is -0.581. The summed E-state index contributed by atoms with van der Waals surface area (Å²) in [6.07, 6.45) is 0.630. The highest BCUT2D eigenvalue weighted by Gasteiger charge is 2.28. The number of ether oxygens (including phenoxy) is 3. The normalized spacial score (nSPS) is 14.7. The number of methoxy groups -OCH3 is 1. The summed E-state index contributed by atoms with van der Waals surface area (Å²) in [6.45, 7) is 4.19. The highest BCUT2D eigenvalue weighted by molar-refractivity contribution is 7.89. The third kappa shape index (κ3) is 5.59. The number of amides is 1. The number of para-hydroxylation sites is 1. The zero-order valence-electron chi connectivity index (χ0n) is 18.7. The molecule has 2 aromatic rings.